The summed E-state index contributed by atoms with van der Waals surface area (Å²) in [4.78, 5) is 0. The van der Waals surface area contributed by atoms with E-state index in [1.807, 2.05) is 6.07 Å². The minimum atomic E-state index is 0.636. The number of hydrogen-bond acceptors (Lipinski definition) is 3. The second kappa shape index (κ2) is 10.2. The Bertz CT molecular complexity index is 381. The second-order valence-corrected chi connectivity index (χ2v) is 5.78. The van der Waals surface area contributed by atoms with Crippen LogP contribution in [0.1, 0.15) is 32.3 Å². The first-order valence-electron chi connectivity index (χ1n) is 7.32. The number of rotatable bonds is 10. The van der Waals surface area contributed by atoms with Gasteiger partial charge in [-0.3, -0.25) is 0 Å². The van der Waals surface area contributed by atoms with Crippen molar-refractivity contribution in [2.45, 2.75) is 33.2 Å². The minimum absolute atomic E-state index is 0.636. The van der Waals surface area contributed by atoms with Crippen LogP contribution in [0.15, 0.2) is 22.7 Å². The van der Waals surface area contributed by atoms with Crippen molar-refractivity contribution < 1.29 is 9.47 Å². The van der Waals surface area contributed by atoms with Gasteiger partial charge in [0.15, 0.2) is 0 Å². The van der Waals surface area contributed by atoms with E-state index in [-0.39, 0.29) is 0 Å². The highest BCUT2D eigenvalue weighted by Gasteiger charge is 2.07. The topological polar surface area (TPSA) is 30.5 Å². The molecular formula is C16H26BrNO2. The lowest BCUT2D eigenvalue weighted by Crippen LogP contribution is -2.18. The van der Waals surface area contributed by atoms with Crippen LogP contribution in [0.5, 0.6) is 5.75 Å². The number of ether oxygens (including phenoxy) is 2. The molecule has 0 bridgehead atoms. The normalized spacial score (nSPS) is 11.1. The van der Waals surface area contributed by atoms with E-state index < -0.39 is 0 Å². The summed E-state index contributed by atoms with van der Waals surface area (Å²) in [5.41, 5.74) is 1.24. The molecule has 0 saturated heterocycles. The van der Waals surface area contributed by atoms with Crippen LogP contribution in [0.3, 0.4) is 0 Å². The summed E-state index contributed by atoms with van der Waals surface area (Å²) in [5.74, 6) is 1.56. The zero-order valence-corrected chi connectivity index (χ0v) is 14.3. The number of nitrogens with one attached hydrogen (secondary N) is 1. The van der Waals surface area contributed by atoms with E-state index >= 15 is 0 Å². The Morgan fingerprint density at radius 3 is 2.60 bits per heavy atom. The first-order chi connectivity index (χ1) is 9.71. The SMILES string of the molecule is CCC(CC)COc1ccc(CNCCOC)cc1Br. The molecule has 1 aromatic carbocycles. The van der Waals surface area contributed by atoms with Gasteiger partial charge < -0.3 is 14.8 Å². The van der Waals surface area contributed by atoms with Crippen molar-refractivity contribution in [2.24, 2.45) is 5.92 Å². The van der Waals surface area contributed by atoms with Crippen LogP contribution < -0.4 is 10.1 Å². The highest BCUT2D eigenvalue weighted by molar-refractivity contribution is 9.10. The third-order valence-electron chi connectivity index (χ3n) is 3.44. The summed E-state index contributed by atoms with van der Waals surface area (Å²) in [7, 11) is 1.71. The predicted octanol–water partition coefficient (Wildman–Crippen LogP) is 4.00. The van der Waals surface area contributed by atoms with Crippen molar-refractivity contribution in [1.82, 2.24) is 5.32 Å². The second-order valence-electron chi connectivity index (χ2n) is 4.93. The fourth-order valence-corrected chi connectivity index (χ4v) is 2.45. The van der Waals surface area contributed by atoms with Gasteiger partial charge in [-0.15, -0.1) is 0 Å². The molecule has 1 N–H and O–H groups in total. The van der Waals surface area contributed by atoms with Crippen molar-refractivity contribution in [2.75, 3.05) is 26.9 Å². The van der Waals surface area contributed by atoms with Crippen LogP contribution in [0.4, 0.5) is 0 Å². The Hall–Kier alpha value is -0.580. The minimum Gasteiger partial charge on any atom is -0.492 e. The van der Waals surface area contributed by atoms with Gasteiger partial charge in [-0.1, -0.05) is 32.8 Å². The van der Waals surface area contributed by atoms with Gasteiger partial charge in [0.25, 0.3) is 0 Å². The summed E-state index contributed by atoms with van der Waals surface area (Å²) >= 11 is 3.59. The van der Waals surface area contributed by atoms with Gasteiger partial charge >= 0.3 is 0 Å². The lowest BCUT2D eigenvalue weighted by molar-refractivity contribution is 0.199. The summed E-state index contributed by atoms with van der Waals surface area (Å²) < 4.78 is 11.9. The van der Waals surface area contributed by atoms with E-state index in [4.69, 9.17) is 9.47 Å². The first kappa shape index (κ1) is 17.5. The lowest BCUT2D eigenvalue weighted by Gasteiger charge is -2.15. The van der Waals surface area contributed by atoms with Gasteiger partial charge in [0.2, 0.25) is 0 Å². The molecule has 114 valence electrons. The average Bonchev–Trinajstić information content (AvgIpc) is 2.46. The fraction of sp³-hybridized carbons (Fsp3) is 0.625. The summed E-state index contributed by atoms with van der Waals surface area (Å²) in [6.45, 7) is 7.65. The van der Waals surface area contributed by atoms with Crippen molar-refractivity contribution in [3.8, 4) is 5.75 Å². The molecule has 0 aliphatic heterocycles. The van der Waals surface area contributed by atoms with Gasteiger partial charge in [0.05, 0.1) is 17.7 Å². The predicted molar refractivity (Wildman–Crippen MR) is 87.3 cm³/mol. The van der Waals surface area contributed by atoms with Crippen LogP contribution in [-0.4, -0.2) is 26.9 Å². The molecule has 0 radical (unpaired) electrons. The maximum Gasteiger partial charge on any atom is 0.133 e. The number of benzene rings is 1. The smallest absolute Gasteiger partial charge is 0.133 e. The Labute approximate surface area is 131 Å². The van der Waals surface area contributed by atoms with Crippen molar-refractivity contribution in [1.29, 1.82) is 0 Å². The van der Waals surface area contributed by atoms with Crippen LogP contribution in [0, 0.1) is 5.92 Å². The highest BCUT2D eigenvalue weighted by Crippen LogP contribution is 2.27. The molecule has 0 aliphatic carbocycles. The van der Waals surface area contributed by atoms with Gasteiger partial charge in [0, 0.05) is 20.2 Å². The largest absolute Gasteiger partial charge is 0.492 e. The molecule has 20 heavy (non-hydrogen) atoms. The monoisotopic (exact) mass is 343 g/mol. The number of halogens is 1. The fourth-order valence-electron chi connectivity index (χ4n) is 1.91. The standard InChI is InChI=1S/C16H26BrNO2/c1-4-13(5-2)12-20-16-7-6-14(10-15(16)17)11-18-8-9-19-3/h6-7,10,13,18H,4-5,8-9,11-12H2,1-3H3. The van der Waals surface area contributed by atoms with Gasteiger partial charge in [0.1, 0.15) is 5.75 Å². The van der Waals surface area contributed by atoms with Gasteiger partial charge in [-0.25, -0.2) is 0 Å². The Morgan fingerprint density at radius 2 is 2.00 bits per heavy atom. The van der Waals surface area contributed by atoms with E-state index in [0.29, 0.717) is 5.92 Å². The molecule has 1 aromatic rings. The summed E-state index contributed by atoms with van der Waals surface area (Å²) in [5, 5.41) is 3.33. The Kier molecular flexibility index (Phi) is 8.90. The van der Waals surface area contributed by atoms with Crippen LogP contribution in [-0.2, 0) is 11.3 Å². The van der Waals surface area contributed by atoms with E-state index in [2.05, 4.69) is 47.2 Å². The number of methoxy groups -OCH3 is 1. The Morgan fingerprint density at radius 1 is 1.25 bits per heavy atom. The third-order valence-corrected chi connectivity index (χ3v) is 4.06. The maximum atomic E-state index is 5.89. The van der Waals surface area contributed by atoms with E-state index in [0.717, 1.165) is 49.4 Å². The molecule has 0 aliphatic rings. The lowest BCUT2D eigenvalue weighted by atomic mass is 10.1. The molecule has 0 atom stereocenters. The van der Waals surface area contributed by atoms with E-state index in [9.17, 15) is 0 Å². The van der Waals surface area contributed by atoms with E-state index in [1.165, 1.54) is 5.56 Å². The molecule has 0 unspecified atom stereocenters. The molecule has 0 heterocycles. The number of hydrogen-bond donors (Lipinski definition) is 1. The van der Waals surface area contributed by atoms with Crippen LogP contribution in [0.2, 0.25) is 0 Å². The molecule has 1 rings (SSSR count). The van der Waals surface area contributed by atoms with Crippen molar-refractivity contribution in [3.05, 3.63) is 28.2 Å². The quantitative estimate of drug-likeness (QED) is 0.651. The molecule has 4 heteroatoms. The van der Waals surface area contributed by atoms with E-state index in [1.54, 1.807) is 7.11 Å². The molecule has 3 nitrogen and oxygen atoms in total. The molecule has 0 saturated carbocycles. The Balaban J connectivity index is 2.46. The third kappa shape index (κ3) is 6.25. The molecule has 0 fully saturated rings. The summed E-state index contributed by atoms with van der Waals surface area (Å²) in [6.07, 6.45) is 2.32. The van der Waals surface area contributed by atoms with Crippen LogP contribution in [0.25, 0.3) is 0 Å². The zero-order valence-electron chi connectivity index (χ0n) is 12.7. The molecule has 0 amide bonds. The van der Waals surface area contributed by atoms with Gasteiger partial charge in [-0.05, 0) is 39.5 Å². The van der Waals surface area contributed by atoms with Crippen LogP contribution >= 0.6 is 15.9 Å². The van der Waals surface area contributed by atoms with Gasteiger partial charge in [-0.2, -0.15) is 0 Å². The van der Waals surface area contributed by atoms with Crippen molar-refractivity contribution in [3.63, 3.8) is 0 Å². The molecule has 0 spiro atoms. The van der Waals surface area contributed by atoms with Crippen molar-refractivity contribution >= 4 is 15.9 Å². The summed E-state index contributed by atoms with van der Waals surface area (Å²) in [6, 6.07) is 6.26. The maximum absolute atomic E-state index is 5.89. The molecule has 0 aromatic heterocycles. The highest BCUT2D eigenvalue weighted by atomic mass is 79.9. The average molecular weight is 344 g/mol. The zero-order chi connectivity index (χ0) is 14.8. The first-order valence-corrected chi connectivity index (χ1v) is 8.11. The molecular weight excluding hydrogens is 318 g/mol.